The molecule has 0 fully saturated rings. The molecular formula is C12H15NO. The molecule has 2 nitrogen and oxygen atoms in total. The van der Waals surface area contributed by atoms with Crippen molar-refractivity contribution in [3.63, 3.8) is 0 Å². The predicted octanol–water partition coefficient (Wildman–Crippen LogP) is 2.62. The van der Waals surface area contributed by atoms with E-state index in [2.05, 4.69) is 39.0 Å². The first kappa shape index (κ1) is 9.13. The van der Waals surface area contributed by atoms with Gasteiger partial charge < -0.3 is 4.84 Å². The van der Waals surface area contributed by atoms with E-state index in [9.17, 15) is 0 Å². The third kappa shape index (κ3) is 1.10. The Morgan fingerprint density at radius 1 is 1.07 bits per heavy atom. The molecule has 0 bridgehead atoms. The summed E-state index contributed by atoms with van der Waals surface area (Å²) in [7, 11) is 1.70. The molecule has 0 radical (unpaired) electrons. The lowest BCUT2D eigenvalue weighted by Crippen LogP contribution is -2.07. The molecule has 0 aliphatic carbocycles. The highest BCUT2D eigenvalue weighted by Crippen LogP contribution is 2.24. The minimum Gasteiger partial charge on any atom is -0.417 e. The van der Waals surface area contributed by atoms with E-state index in [1.807, 2.05) is 4.73 Å². The van der Waals surface area contributed by atoms with E-state index in [4.69, 9.17) is 4.84 Å². The van der Waals surface area contributed by atoms with Gasteiger partial charge in [0.15, 0.2) is 0 Å². The molecule has 1 heterocycles. The standard InChI is InChI=1S/C12H15NO/c1-8-5-6-9(2)12-11(8)7-10(3)13(12)14-4/h5-7H,1-4H3. The van der Waals surface area contributed by atoms with Gasteiger partial charge in [-0.05, 0) is 38.0 Å². The van der Waals surface area contributed by atoms with Crippen molar-refractivity contribution in [2.24, 2.45) is 0 Å². The molecule has 2 rings (SSSR count). The van der Waals surface area contributed by atoms with Crippen molar-refractivity contribution in [1.29, 1.82) is 0 Å². The second-order valence-corrected chi connectivity index (χ2v) is 3.72. The molecule has 0 spiro atoms. The van der Waals surface area contributed by atoms with E-state index in [-0.39, 0.29) is 0 Å². The quantitative estimate of drug-likeness (QED) is 0.672. The molecule has 0 saturated carbocycles. The first-order chi connectivity index (χ1) is 6.65. The first-order valence-electron chi connectivity index (χ1n) is 4.78. The molecule has 0 aliphatic rings. The van der Waals surface area contributed by atoms with E-state index in [1.54, 1.807) is 7.11 Å². The zero-order chi connectivity index (χ0) is 10.3. The fraction of sp³-hybridized carbons (Fsp3) is 0.333. The predicted molar refractivity (Wildman–Crippen MR) is 58.7 cm³/mol. The van der Waals surface area contributed by atoms with Crippen LogP contribution in [0.15, 0.2) is 18.2 Å². The minimum absolute atomic E-state index is 1.14. The maximum atomic E-state index is 5.35. The summed E-state index contributed by atoms with van der Waals surface area (Å²) >= 11 is 0. The molecular weight excluding hydrogens is 174 g/mol. The number of nitrogens with zero attached hydrogens (tertiary/aromatic N) is 1. The zero-order valence-corrected chi connectivity index (χ0v) is 9.09. The zero-order valence-electron chi connectivity index (χ0n) is 9.09. The number of hydrogen-bond donors (Lipinski definition) is 0. The Balaban J connectivity index is 2.93. The van der Waals surface area contributed by atoms with Crippen LogP contribution in [0.4, 0.5) is 0 Å². The van der Waals surface area contributed by atoms with Crippen LogP contribution in [0.1, 0.15) is 16.8 Å². The molecule has 2 heteroatoms. The molecule has 0 aliphatic heterocycles. The van der Waals surface area contributed by atoms with Crippen LogP contribution >= 0.6 is 0 Å². The molecule has 1 aromatic carbocycles. The lowest BCUT2D eigenvalue weighted by Gasteiger charge is -2.07. The second-order valence-electron chi connectivity index (χ2n) is 3.72. The largest absolute Gasteiger partial charge is 0.417 e. The topological polar surface area (TPSA) is 14.2 Å². The number of rotatable bonds is 1. The minimum atomic E-state index is 1.14. The van der Waals surface area contributed by atoms with Crippen LogP contribution in [-0.2, 0) is 0 Å². The lowest BCUT2D eigenvalue weighted by atomic mass is 10.1. The average molecular weight is 189 g/mol. The number of aryl methyl sites for hydroxylation is 3. The average Bonchev–Trinajstić information content (AvgIpc) is 2.50. The third-order valence-electron chi connectivity index (χ3n) is 2.70. The van der Waals surface area contributed by atoms with Crippen LogP contribution in [0.5, 0.6) is 0 Å². The summed E-state index contributed by atoms with van der Waals surface area (Å²) in [6.45, 7) is 6.29. The summed E-state index contributed by atoms with van der Waals surface area (Å²) in [5.74, 6) is 0. The molecule has 1 aromatic heterocycles. The van der Waals surface area contributed by atoms with Crippen LogP contribution in [0, 0.1) is 20.8 Å². The Morgan fingerprint density at radius 3 is 2.36 bits per heavy atom. The number of aromatic nitrogens is 1. The maximum Gasteiger partial charge on any atom is 0.104 e. The fourth-order valence-corrected chi connectivity index (χ4v) is 1.95. The Kier molecular flexibility index (Phi) is 1.99. The number of hydrogen-bond acceptors (Lipinski definition) is 1. The van der Waals surface area contributed by atoms with Gasteiger partial charge in [0.2, 0.25) is 0 Å². The van der Waals surface area contributed by atoms with Gasteiger partial charge in [-0.1, -0.05) is 12.1 Å². The van der Waals surface area contributed by atoms with E-state index < -0.39 is 0 Å². The van der Waals surface area contributed by atoms with E-state index in [0.717, 1.165) is 5.69 Å². The fourth-order valence-electron chi connectivity index (χ4n) is 1.95. The highest BCUT2D eigenvalue weighted by molar-refractivity contribution is 5.87. The highest BCUT2D eigenvalue weighted by atomic mass is 16.6. The van der Waals surface area contributed by atoms with E-state index in [0.29, 0.717) is 0 Å². The van der Waals surface area contributed by atoms with Crippen molar-refractivity contribution >= 4 is 10.9 Å². The van der Waals surface area contributed by atoms with Crippen LogP contribution in [0.25, 0.3) is 10.9 Å². The highest BCUT2D eigenvalue weighted by Gasteiger charge is 2.09. The molecule has 0 N–H and O–H groups in total. The van der Waals surface area contributed by atoms with Gasteiger partial charge in [-0.15, -0.1) is 0 Å². The Bertz CT molecular complexity index is 483. The monoisotopic (exact) mass is 189 g/mol. The molecule has 0 unspecified atom stereocenters. The summed E-state index contributed by atoms with van der Waals surface area (Å²) < 4.78 is 1.89. The second kappa shape index (κ2) is 3.05. The first-order valence-corrected chi connectivity index (χ1v) is 4.78. The maximum absolute atomic E-state index is 5.35. The van der Waals surface area contributed by atoms with Crippen LogP contribution in [0.2, 0.25) is 0 Å². The normalized spacial score (nSPS) is 10.9. The third-order valence-corrected chi connectivity index (χ3v) is 2.70. The SMILES string of the molecule is COn1c(C)cc2c(C)ccc(C)c21. The van der Waals surface area contributed by atoms with Crippen molar-refractivity contribution in [2.75, 3.05) is 7.11 Å². The summed E-state index contributed by atoms with van der Waals surface area (Å²) in [5.41, 5.74) is 4.87. The Labute approximate surface area is 84.1 Å². The summed E-state index contributed by atoms with van der Waals surface area (Å²) in [5, 5.41) is 1.28. The van der Waals surface area contributed by atoms with Gasteiger partial charge in [0.05, 0.1) is 11.2 Å². The molecule has 0 atom stereocenters. The van der Waals surface area contributed by atoms with Gasteiger partial charge in [-0.3, -0.25) is 0 Å². The summed E-state index contributed by atoms with van der Waals surface area (Å²) in [4.78, 5) is 5.35. The van der Waals surface area contributed by atoms with Crippen molar-refractivity contribution in [1.82, 2.24) is 4.73 Å². The van der Waals surface area contributed by atoms with Crippen molar-refractivity contribution in [2.45, 2.75) is 20.8 Å². The van der Waals surface area contributed by atoms with Crippen LogP contribution < -0.4 is 4.84 Å². The van der Waals surface area contributed by atoms with Gasteiger partial charge in [-0.25, -0.2) is 0 Å². The molecule has 0 saturated heterocycles. The van der Waals surface area contributed by atoms with Gasteiger partial charge >= 0.3 is 0 Å². The van der Waals surface area contributed by atoms with Gasteiger partial charge in [0.25, 0.3) is 0 Å². The smallest absolute Gasteiger partial charge is 0.104 e. The molecule has 0 amide bonds. The summed E-state index contributed by atoms with van der Waals surface area (Å²) in [6.07, 6.45) is 0. The Morgan fingerprint density at radius 2 is 1.71 bits per heavy atom. The van der Waals surface area contributed by atoms with Gasteiger partial charge in [0.1, 0.15) is 7.11 Å². The number of fused-ring (bicyclic) bond motifs is 1. The van der Waals surface area contributed by atoms with Crippen LogP contribution in [-0.4, -0.2) is 11.8 Å². The van der Waals surface area contributed by atoms with Crippen molar-refractivity contribution < 1.29 is 4.84 Å². The van der Waals surface area contributed by atoms with Gasteiger partial charge in [0, 0.05) is 5.39 Å². The van der Waals surface area contributed by atoms with Crippen molar-refractivity contribution in [3.8, 4) is 0 Å². The van der Waals surface area contributed by atoms with E-state index >= 15 is 0 Å². The Hall–Kier alpha value is -1.44. The van der Waals surface area contributed by atoms with Crippen molar-refractivity contribution in [3.05, 3.63) is 35.0 Å². The van der Waals surface area contributed by atoms with Gasteiger partial charge in [-0.2, -0.15) is 4.73 Å². The van der Waals surface area contributed by atoms with Crippen LogP contribution in [0.3, 0.4) is 0 Å². The summed E-state index contributed by atoms with van der Waals surface area (Å²) in [6, 6.07) is 6.45. The van der Waals surface area contributed by atoms with E-state index in [1.165, 1.54) is 22.0 Å². The molecule has 14 heavy (non-hydrogen) atoms. The molecule has 74 valence electrons. The lowest BCUT2D eigenvalue weighted by molar-refractivity contribution is 0.173. The molecule has 2 aromatic rings. The number of benzene rings is 1.